The highest BCUT2D eigenvalue weighted by atomic mass is 15.6. The van der Waals surface area contributed by atoms with E-state index in [9.17, 15) is 0 Å². The van der Waals surface area contributed by atoms with Crippen LogP contribution in [0.15, 0.2) is 91.1 Å². The summed E-state index contributed by atoms with van der Waals surface area (Å²) in [6, 6.07) is 33.0. The lowest BCUT2D eigenvalue weighted by Crippen LogP contribution is -2.79. The van der Waals surface area contributed by atoms with Crippen molar-refractivity contribution in [3.63, 3.8) is 0 Å². The largest absolute Gasteiger partial charge is 0.394 e. The van der Waals surface area contributed by atoms with Gasteiger partial charge in [-0.2, -0.15) is 9.47 Å². The predicted molar refractivity (Wildman–Crippen MR) is 193 cm³/mol. The second-order valence-electron chi connectivity index (χ2n) is 16.8. The molecule has 238 valence electrons. The van der Waals surface area contributed by atoms with E-state index in [1.165, 1.54) is 95.8 Å². The average molecular weight is 638 g/mol. The third-order valence-electron chi connectivity index (χ3n) is 13.5. The Bertz CT molecular complexity index is 2620. The van der Waals surface area contributed by atoms with Crippen molar-refractivity contribution in [2.75, 3.05) is 9.80 Å². The molecule has 49 heavy (non-hydrogen) atoms. The summed E-state index contributed by atoms with van der Waals surface area (Å²) >= 11 is 0. The maximum absolute atomic E-state index is 2.68. The van der Waals surface area contributed by atoms with Gasteiger partial charge in [-0.1, -0.05) is 94.8 Å². The SMILES string of the molecule is Cc1cc(C)[n+]2n1-c1ccc3c4c1C21c2c(ccc5c2N2c6c(cccc6C(C)(C)c6ccc[n+]1c62)C5(C)C)N4c1ccccc1C3(C)C. The zero-order chi connectivity index (χ0) is 33.3. The number of nitrogens with zero attached hydrogens (tertiary/aromatic N) is 5. The number of rotatable bonds is 0. The predicted octanol–water partition coefficient (Wildman–Crippen LogP) is 8.76. The van der Waals surface area contributed by atoms with Crippen LogP contribution >= 0.6 is 0 Å². The number of hydrogen-bond donors (Lipinski definition) is 0. The van der Waals surface area contributed by atoms with E-state index in [2.05, 4.69) is 170 Å². The maximum atomic E-state index is 2.68. The molecule has 0 N–H and O–H groups in total. The van der Waals surface area contributed by atoms with Crippen molar-refractivity contribution in [1.82, 2.24) is 4.68 Å². The Kier molecular flexibility index (Phi) is 4.11. The van der Waals surface area contributed by atoms with E-state index in [0.29, 0.717) is 0 Å². The van der Waals surface area contributed by atoms with Crippen LogP contribution in [0.4, 0.5) is 34.3 Å². The Morgan fingerprint density at radius 3 is 1.84 bits per heavy atom. The number of fused-ring (bicyclic) bond motifs is 5. The molecular formula is C44H39N5+2. The standard InChI is InChI=1S/C44H39N5/c1-24-23-25(2)49-44-35-33(46-32-17-10-9-13-26(32)41(3,4)29-19-21-34(48(24)49)36(44)38(29)46)20-18-30-39(35)47-37-27(42(30,5)6)14-11-15-28(37)43(7,8)31-16-12-22-45(44)40(31)47/h9-23H,1-8H3/q+2. The van der Waals surface area contributed by atoms with Gasteiger partial charge in [-0.15, -0.1) is 4.68 Å². The third kappa shape index (κ3) is 2.42. The fourth-order valence-corrected chi connectivity index (χ4v) is 11.4. The normalized spacial score (nSPS) is 21.6. The van der Waals surface area contributed by atoms with E-state index in [0.717, 1.165) is 0 Å². The molecule has 6 aliphatic rings. The lowest BCUT2D eigenvalue weighted by Gasteiger charge is -2.52. The molecule has 12 rings (SSSR count). The fraction of sp³-hybridized carbons (Fsp3) is 0.273. The van der Waals surface area contributed by atoms with Crippen molar-refractivity contribution >= 4 is 34.3 Å². The van der Waals surface area contributed by atoms with Gasteiger partial charge in [-0.25, -0.2) is 0 Å². The molecular weight excluding hydrogens is 599 g/mol. The van der Waals surface area contributed by atoms with Gasteiger partial charge < -0.3 is 4.90 Å². The van der Waals surface area contributed by atoms with Crippen molar-refractivity contribution in [1.29, 1.82) is 0 Å². The summed E-state index contributed by atoms with van der Waals surface area (Å²) in [6.07, 6.45) is 2.38. The van der Waals surface area contributed by atoms with Crippen LogP contribution in [0.25, 0.3) is 5.69 Å². The third-order valence-corrected chi connectivity index (χ3v) is 13.5. The molecule has 0 saturated heterocycles. The molecule has 0 fully saturated rings. The van der Waals surface area contributed by atoms with Crippen molar-refractivity contribution in [3.05, 3.63) is 147 Å². The van der Waals surface area contributed by atoms with Crippen LogP contribution in [0.5, 0.6) is 0 Å². The summed E-state index contributed by atoms with van der Waals surface area (Å²) in [6.45, 7) is 19.2. The first-order valence-corrected chi connectivity index (χ1v) is 17.8. The number of benzene rings is 4. The van der Waals surface area contributed by atoms with Gasteiger partial charge in [0.25, 0.3) is 5.82 Å². The Labute approximate surface area is 287 Å². The molecule has 5 heteroatoms. The van der Waals surface area contributed by atoms with Crippen LogP contribution in [0.2, 0.25) is 0 Å². The van der Waals surface area contributed by atoms with Crippen LogP contribution in [-0.4, -0.2) is 4.68 Å². The Morgan fingerprint density at radius 1 is 0.510 bits per heavy atom. The molecule has 1 unspecified atom stereocenters. The molecule has 0 saturated carbocycles. The van der Waals surface area contributed by atoms with E-state index < -0.39 is 5.66 Å². The maximum Gasteiger partial charge on any atom is 0.394 e. The first-order valence-electron chi connectivity index (χ1n) is 17.8. The van der Waals surface area contributed by atoms with Crippen LogP contribution in [0.1, 0.15) is 97.4 Å². The first-order chi connectivity index (χ1) is 23.4. The lowest BCUT2D eigenvalue weighted by atomic mass is 9.63. The van der Waals surface area contributed by atoms with Gasteiger partial charge in [0.05, 0.1) is 34.5 Å². The molecule has 1 spiro atoms. The monoisotopic (exact) mass is 637 g/mol. The zero-order valence-corrected chi connectivity index (χ0v) is 29.4. The Morgan fingerprint density at radius 2 is 1.08 bits per heavy atom. The minimum atomic E-state index is -0.629. The van der Waals surface area contributed by atoms with Crippen molar-refractivity contribution in [3.8, 4) is 5.69 Å². The molecule has 6 aliphatic heterocycles. The molecule has 0 radical (unpaired) electrons. The van der Waals surface area contributed by atoms with E-state index in [4.69, 9.17) is 0 Å². The summed E-state index contributed by atoms with van der Waals surface area (Å²) in [5.74, 6) is 1.29. The van der Waals surface area contributed by atoms with E-state index in [1.807, 2.05) is 0 Å². The van der Waals surface area contributed by atoms with Crippen molar-refractivity contribution in [2.45, 2.75) is 77.3 Å². The summed E-state index contributed by atoms with van der Waals surface area (Å²) in [5.41, 5.74) is 20.3. The highest BCUT2D eigenvalue weighted by molar-refractivity contribution is 6.01. The second kappa shape index (κ2) is 7.52. The van der Waals surface area contributed by atoms with Crippen molar-refractivity contribution < 1.29 is 9.25 Å². The molecule has 8 heterocycles. The van der Waals surface area contributed by atoms with Gasteiger partial charge in [0.15, 0.2) is 5.69 Å². The molecule has 6 aromatic rings. The smallest absolute Gasteiger partial charge is 0.308 e. The van der Waals surface area contributed by atoms with Gasteiger partial charge in [0.1, 0.15) is 22.5 Å². The quantitative estimate of drug-likeness (QED) is 0.155. The first kappa shape index (κ1) is 26.8. The summed E-state index contributed by atoms with van der Waals surface area (Å²) in [7, 11) is 0. The molecule has 0 aliphatic carbocycles. The number of hydrogen-bond acceptors (Lipinski definition) is 2. The van der Waals surface area contributed by atoms with Gasteiger partial charge >= 0.3 is 5.66 Å². The molecule has 0 bridgehead atoms. The minimum absolute atomic E-state index is 0.171. The zero-order valence-electron chi connectivity index (χ0n) is 29.4. The Balaban J connectivity index is 1.39. The Hall–Kier alpha value is -5.16. The lowest BCUT2D eigenvalue weighted by molar-refractivity contribution is -0.993. The average Bonchev–Trinajstić information content (AvgIpc) is 3.56. The van der Waals surface area contributed by atoms with Crippen LogP contribution in [0, 0.1) is 13.8 Å². The van der Waals surface area contributed by atoms with Gasteiger partial charge in [0.2, 0.25) is 5.69 Å². The van der Waals surface area contributed by atoms with Gasteiger partial charge in [-0.05, 0) is 48.4 Å². The number of aromatic nitrogens is 3. The van der Waals surface area contributed by atoms with Crippen LogP contribution in [-0.2, 0) is 21.9 Å². The van der Waals surface area contributed by atoms with Gasteiger partial charge in [-0.3, -0.25) is 0 Å². The number of anilines is 6. The van der Waals surface area contributed by atoms with E-state index in [1.54, 1.807) is 0 Å². The minimum Gasteiger partial charge on any atom is -0.308 e. The van der Waals surface area contributed by atoms with Crippen molar-refractivity contribution in [2.24, 2.45) is 0 Å². The summed E-state index contributed by atoms with van der Waals surface area (Å²) in [5, 5.41) is 0. The second-order valence-corrected chi connectivity index (χ2v) is 16.8. The van der Waals surface area contributed by atoms with E-state index in [-0.39, 0.29) is 16.2 Å². The van der Waals surface area contributed by atoms with E-state index >= 15 is 0 Å². The fourth-order valence-electron chi connectivity index (χ4n) is 11.4. The molecule has 5 nitrogen and oxygen atoms in total. The topological polar surface area (TPSA) is 19.2 Å². The highest BCUT2D eigenvalue weighted by Gasteiger charge is 2.73. The highest BCUT2D eigenvalue weighted by Crippen LogP contribution is 2.69. The summed E-state index contributed by atoms with van der Waals surface area (Å²) < 4.78 is 7.84. The van der Waals surface area contributed by atoms with Gasteiger partial charge in [0, 0.05) is 45.9 Å². The number of aryl methyl sites for hydroxylation is 2. The van der Waals surface area contributed by atoms with Crippen LogP contribution < -0.4 is 19.0 Å². The molecule has 4 aromatic carbocycles. The van der Waals surface area contributed by atoms with Crippen LogP contribution in [0.3, 0.4) is 0 Å². The molecule has 2 aromatic heterocycles. The number of para-hydroxylation sites is 2. The number of pyridine rings is 1. The summed E-state index contributed by atoms with van der Waals surface area (Å²) in [4.78, 5) is 5.32. The molecule has 1 atom stereocenters. The molecule has 0 amide bonds.